The number of ether oxygens (including phenoxy) is 1. The van der Waals surface area contributed by atoms with Gasteiger partial charge in [-0.25, -0.2) is 0 Å². The van der Waals surface area contributed by atoms with Crippen molar-refractivity contribution in [3.8, 4) is 5.75 Å². The summed E-state index contributed by atoms with van der Waals surface area (Å²) in [5, 5.41) is 2.95. The number of nitrogens with one attached hydrogen (secondary N) is 1. The molecule has 22 heavy (non-hydrogen) atoms. The van der Waals surface area contributed by atoms with Gasteiger partial charge in [0.25, 0.3) is 0 Å². The van der Waals surface area contributed by atoms with Gasteiger partial charge in [0.15, 0.2) is 0 Å². The molecular formula is C19H23NO2. The molecule has 0 aromatic heterocycles. The minimum Gasteiger partial charge on any atom is -0.491 e. The van der Waals surface area contributed by atoms with Crippen LogP contribution in [0.15, 0.2) is 48.5 Å². The van der Waals surface area contributed by atoms with E-state index >= 15 is 0 Å². The molecule has 1 N–H and O–H groups in total. The molecule has 0 saturated heterocycles. The maximum Gasteiger partial charge on any atom is 0.224 e. The summed E-state index contributed by atoms with van der Waals surface area (Å²) in [5.74, 6) is 0.860. The maximum atomic E-state index is 12.0. The molecule has 116 valence electrons. The van der Waals surface area contributed by atoms with Crippen molar-refractivity contribution in [1.82, 2.24) is 5.32 Å². The SMILES string of the molecule is Cc1ccc(CC(=O)NCc2cccc(OC(C)C)c2)cc1. The van der Waals surface area contributed by atoms with Crippen LogP contribution in [0.4, 0.5) is 0 Å². The van der Waals surface area contributed by atoms with Crippen LogP contribution in [0.2, 0.25) is 0 Å². The Bertz CT molecular complexity index is 618. The van der Waals surface area contributed by atoms with Crippen molar-refractivity contribution in [2.24, 2.45) is 0 Å². The third kappa shape index (κ3) is 5.24. The molecular weight excluding hydrogens is 274 g/mol. The summed E-state index contributed by atoms with van der Waals surface area (Å²) in [5.41, 5.74) is 3.27. The van der Waals surface area contributed by atoms with Gasteiger partial charge in [-0.2, -0.15) is 0 Å². The third-order valence-corrected chi connectivity index (χ3v) is 3.25. The van der Waals surface area contributed by atoms with Crippen LogP contribution in [0, 0.1) is 6.92 Å². The van der Waals surface area contributed by atoms with Gasteiger partial charge in [0.1, 0.15) is 5.75 Å². The first kappa shape index (κ1) is 16.1. The fourth-order valence-corrected chi connectivity index (χ4v) is 2.16. The minimum atomic E-state index is 0.0269. The molecule has 2 aromatic rings. The largest absolute Gasteiger partial charge is 0.491 e. The zero-order valence-corrected chi connectivity index (χ0v) is 13.4. The summed E-state index contributed by atoms with van der Waals surface area (Å²) in [6.07, 6.45) is 0.550. The van der Waals surface area contributed by atoms with Crippen molar-refractivity contribution in [2.45, 2.75) is 39.8 Å². The van der Waals surface area contributed by atoms with Gasteiger partial charge >= 0.3 is 0 Å². The van der Waals surface area contributed by atoms with Crippen LogP contribution in [-0.2, 0) is 17.8 Å². The van der Waals surface area contributed by atoms with E-state index in [2.05, 4.69) is 5.32 Å². The molecule has 3 heteroatoms. The third-order valence-electron chi connectivity index (χ3n) is 3.25. The molecule has 0 heterocycles. The molecule has 1 amide bonds. The highest BCUT2D eigenvalue weighted by molar-refractivity contribution is 5.78. The number of hydrogen-bond acceptors (Lipinski definition) is 2. The Morgan fingerprint density at radius 2 is 1.82 bits per heavy atom. The van der Waals surface area contributed by atoms with Crippen molar-refractivity contribution >= 4 is 5.91 Å². The van der Waals surface area contributed by atoms with E-state index in [9.17, 15) is 4.79 Å². The van der Waals surface area contributed by atoms with Crippen molar-refractivity contribution in [1.29, 1.82) is 0 Å². The fraction of sp³-hybridized carbons (Fsp3) is 0.316. The van der Waals surface area contributed by atoms with Crippen molar-refractivity contribution in [2.75, 3.05) is 0 Å². The quantitative estimate of drug-likeness (QED) is 0.884. The first-order valence-corrected chi connectivity index (χ1v) is 7.61. The lowest BCUT2D eigenvalue weighted by Gasteiger charge is -2.11. The first-order chi connectivity index (χ1) is 10.5. The van der Waals surface area contributed by atoms with Crippen LogP contribution >= 0.6 is 0 Å². The first-order valence-electron chi connectivity index (χ1n) is 7.61. The standard InChI is InChI=1S/C19H23NO2/c1-14(2)22-18-6-4-5-17(11-18)13-20-19(21)12-16-9-7-15(3)8-10-16/h4-11,14H,12-13H2,1-3H3,(H,20,21). The number of rotatable bonds is 6. The molecule has 0 fully saturated rings. The van der Waals surface area contributed by atoms with E-state index in [1.54, 1.807) is 0 Å². The van der Waals surface area contributed by atoms with E-state index in [-0.39, 0.29) is 12.0 Å². The lowest BCUT2D eigenvalue weighted by molar-refractivity contribution is -0.120. The van der Waals surface area contributed by atoms with E-state index in [0.29, 0.717) is 13.0 Å². The zero-order chi connectivity index (χ0) is 15.9. The highest BCUT2D eigenvalue weighted by Gasteiger charge is 2.04. The van der Waals surface area contributed by atoms with E-state index in [1.807, 2.05) is 69.3 Å². The average Bonchev–Trinajstić information content (AvgIpc) is 2.47. The summed E-state index contributed by atoms with van der Waals surface area (Å²) in [6.45, 7) is 6.54. The Labute approximate surface area is 132 Å². The molecule has 0 aliphatic heterocycles. The molecule has 0 spiro atoms. The van der Waals surface area contributed by atoms with Crippen LogP contribution in [0.25, 0.3) is 0 Å². The van der Waals surface area contributed by atoms with Crippen LogP contribution in [0.5, 0.6) is 5.75 Å². The highest BCUT2D eigenvalue weighted by atomic mass is 16.5. The van der Waals surface area contributed by atoms with Gasteiger partial charge in [-0.3, -0.25) is 4.79 Å². The maximum absolute atomic E-state index is 12.0. The van der Waals surface area contributed by atoms with Crippen LogP contribution in [0.3, 0.4) is 0 Å². The molecule has 2 rings (SSSR count). The molecule has 2 aromatic carbocycles. The number of benzene rings is 2. The second-order valence-electron chi connectivity index (χ2n) is 5.75. The van der Waals surface area contributed by atoms with Crippen molar-refractivity contribution in [3.63, 3.8) is 0 Å². The molecule has 0 aliphatic rings. The van der Waals surface area contributed by atoms with Gasteiger partial charge in [-0.1, -0.05) is 42.0 Å². The number of carbonyl (C=O) groups excluding carboxylic acids is 1. The van der Waals surface area contributed by atoms with Crippen molar-refractivity contribution < 1.29 is 9.53 Å². The molecule has 0 unspecified atom stereocenters. The highest BCUT2D eigenvalue weighted by Crippen LogP contribution is 2.14. The van der Waals surface area contributed by atoms with E-state index in [0.717, 1.165) is 16.9 Å². The lowest BCUT2D eigenvalue weighted by atomic mass is 10.1. The second-order valence-corrected chi connectivity index (χ2v) is 5.75. The Balaban J connectivity index is 1.86. The monoisotopic (exact) mass is 297 g/mol. The van der Waals surface area contributed by atoms with Gasteiger partial charge in [-0.05, 0) is 44.0 Å². The predicted molar refractivity (Wildman–Crippen MR) is 88.9 cm³/mol. The number of amides is 1. The Kier molecular flexibility index (Phi) is 5.59. The van der Waals surface area contributed by atoms with Crippen LogP contribution in [0.1, 0.15) is 30.5 Å². The van der Waals surface area contributed by atoms with E-state index in [1.165, 1.54) is 5.56 Å². The molecule has 0 atom stereocenters. The van der Waals surface area contributed by atoms with Gasteiger partial charge < -0.3 is 10.1 Å². The molecule has 3 nitrogen and oxygen atoms in total. The summed E-state index contributed by atoms with van der Waals surface area (Å²) in [7, 11) is 0. The molecule has 0 bridgehead atoms. The number of aryl methyl sites for hydroxylation is 1. The summed E-state index contributed by atoms with van der Waals surface area (Å²) in [6, 6.07) is 15.9. The summed E-state index contributed by atoms with van der Waals surface area (Å²) >= 11 is 0. The number of carbonyl (C=O) groups is 1. The number of hydrogen-bond donors (Lipinski definition) is 1. The minimum absolute atomic E-state index is 0.0269. The molecule has 0 radical (unpaired) electrons. The van der Waals surface area contributed by atoms with Crippen molar-refractivity contribution in [3.05, 3.63) is 65.2 Å². The van der Waals surface area contributed by atoms with Gasteiger partial charge in [0, 0.05) is 6.54 Å². The summed E-state index contributed by atoms with van der Waals surface area (Å²) in [4.78, 5) is 12.0. The molecule has 0 saturated carbocycles. The topological polar surface area (TPSA) is 38.3 Å². The van der Waals surface area contributed by atoms with E-state index in [4.69, 9.17) is 4.74 Å². The fourth-order valence-electron chi connectivity index (χ4n) is 2.16. The Hall–Kier alpha value is -2.29. The smallest absolute Gasteiger partial charge is 0.224 e. The predicted octanol–water partition coefficient (Wildman–Crippen LogP) is 3.64. The van der Waals surface area contributed by atoms with Gasteiger partial charge in [0.2, 0.25) is 5.91 Å². The normalized spacial score (nSPS) is 10.5. The summed E-state index contributed by atoms with van der Waals surface area (Å²) < 4.78 is 5.66. The van der Waals surface area contributed by atoms with Crippen LogP contribution in [-0.4, -0.2) is 12.0 Å². The molecule has 0 aliphatic carbocycles. The average molecular weight is 297 g/mol. The second kappa shape index (κ2) is 7.64. The van der Waals surface area contributed by atoms with Gasteiger partial charge in [0.05, 0.1) is 12.5 Å². The Morgan fingerprint density at radius 1 is 1.09 bits per heavy atom. The van der Waals surface area contributed by atoms with Crippen LogP contribution < -0.4 is 10.1 Å². The van der Waals surface area contributed by atoms with Gasteiger partial charge in [-0.15, -0.1) is 0 Å². The zero-order valence-electron chi connectivity index (χ0n) is 13.4. The Morgan fingerprint density at radius 3 is 2.50 bits per heavy atom. The van der Waals surface area contributed by atoms with E-state index < -0.39 is 0 Å². The lowest BCUT2D eigenvalue weighted by Crippen LogP contribution is -2.24.